The molecule has 1 aliphatic rings. The van der Waals surface area contributed by atoms with E-state index in [9.17, 15) is 0 Å². The van der Waals surface area contributed by atoms with Gasteiger partial charge in [-0.05, 0) is 30.4 Å². The number of hydrogen-bond donors (Lipinski definition) is 1. The van der Waals surface area contributed by atoms with Crippen LogP contribution in [0.5, 0.6) is 6.01 Å². The van der Waals surface area contributed by atoms with Crippen LogP contribution in [0.25, 0.3) is 0 Å². The summed E-state index contributed by atoms with van der Waals surface area (Å²) in [6.07, 6.45) is 2.12. The average molecular weight is 259 g/mol. The first-order chi connectivity index (χ1) is 8.28. The maximum Gasteiger partial charge on any atom is 0.322 e. The molecule has 0 unspecified atom stereocenters. The molecular formula is C10H15ClN4O2. The lowest BCUT2D eigenvalue weighted by atomic mass is 10.0. The van der Waals surface area contributed by atoms with Gasteiger partial charge in [-0.15, -0.1) is 0 Å². The van der Waals surface area contributed by atoms with Crippen molar-refractivity contribution in [2.45, 2.75) is 12.8 Å². The second-order valence-electron chi connectivity index (χ2n) is 3.85. The number of rotatable bonds is 4. The van der Waals surface area contributed by atoms with Gasteiger partial charge in [0, 0.05) is 19.8 Å². The molecule has 94 valence electrons. The maximum atomic E-state index is 5.75. The molecule has 2 rings (SSSR count). The zero-order valence-electron chi connectivity index (χ0n) is 9.65. The molecule has 0 atom stereocenters. The van der Waals surface area contributed by atoms with Gasteiger partial charge in [0.05, 0.1) is 7.11 Å². The molecule has 1 N–H and O–H groups in total. The zero-order valence-corrected chi connectivity index (χ0v) is 10.4. The summed E-state index contributed by atoms with van der Waals surface area (Å²) >= 11 is 5.75. The number of anilines is 1. The number of halogens is 1. The summed E-state index contributed by atoms with van der Waals surface area (Å²) in [5.74, 6) is 1.04. The molecule has 6 nitrogen and oxygen atoms in total. The van der Waals surface area contributed by atoms with E-state index in [2.05, 4.69) is 20.3 Å². The summed E-state index contributed by atoms with van der Waals surface area (Å²) in [6.45, 7) is 2.47. The van der Waals surface area contributed by atoms with E-state index in [4.69, 9.17) is 21.1 Å². The number of hydrogen-bond acceptors (Lipinski definition) is 6. The van der Waals surface area contributed by atoms with Crippen molar-refractivity contribution >= 4 is 17.5 Å². The second-order valence-corrected chi connectivity index (χ2v) is 4.19. The fraction of sp³-hybridized carbons (Fsp3) is 0.700. The van der Waals surface area contributed by atoms with Crippen molar-refractivity contribution in [2.24, 2.45) is 5.92 Å². The number of nitrogens with one attached hydrogen (secondary N) is 1. The molecule has 17 heavy (non-hydrogen) atoms. The Hall–Kier alpha value is -1.14. The van der Waals surface area contributed by atoms with Crippen LogP contribution in [0, 0.1) is 5.92 Å². The first-order valence-electron chi connectivity index (χ1n) is 5.55. The highest BCUT2D eigenvalue weighted by molar-refractivity contribution is 6.28. The van der Waals surface area contributed by atoms with Gasteiger partial charge < -0.3 is 14.8 Å². The van der Waals surface area contributed by atoms with Gasteiger partial charge >= 0.3 is 6.01 Å². The summed E-state index contributed by atoms with van der Waals surface area (Å²) in [5.41, 5.74) is 0. The summed E-state index contributed by atoms with van der Waals surface area (Å²) in [6, 6.07) is 0.222. The molecule has 2 heterocycles. The Labute approximate surface area is 105 Å². The van der Waals surface area contributed by atoms with Crippen LogP contribution < -0.4 is 10.1 Å². The number of methoxy groups -OCH3 is 1. The second kappa shape index (κ2) is 5.97. The highest BCUT2D eigenvalue weighted by Gasteiger charge is 2.14. The summed E-state index contributed by atoms with van der Waals surface area (Å²) < 4.78 is 10.2. The molecule has 1 aliphatic heterocycles. The lowest BCUT2D eigenvalue weighted by molar-refractivity contribution is 0.0699. The van der Waals surface area contributed by atoms with Crippen LogP contribution >= 0.6 is 11.6 Å². The largest absolute Gasteiger partial charge is 0.467 e. The molecule has 0 aromatic carbocycles. The van der Waals surface area contributed by atoms with E-state index in [-0.39, 0.29) is 11.3 Å². The van der Waals surface area contributed by atoms with Crippen molar-refractivity contribution in [1.82, 2.24) is 15.0 Å². The minimum absolute atomic E-state index is 0.131. The quantitative estimate of drug-likeness (QED) is 0.880. The summed E-state index contributed by atoms with van der Waals surface area (Å²) in [4.78, 5) is 11.9. The van der Waals surface area contributed by atoms with Crippen LogP contribution in [0.15, 0.2) is 0 Å². The third-order valence-corrected chi connectivity index (χ3v) is 2.83. The minimum Gasteiger partial charge on any atom is -0.467 e. The molecular weight excluding hydrogens is 244 g/mol. The van der Waals surface area contributed by atoms with E-state index in [1.807, 2.05) is 0 Å². The summed E-state index contributed by atoms with van der Waals surface area (Å²) in [5, 5.41) is 3.28. The average Bonchev–Trinajstić information content (AvgIpc) is 2.37. The third kappa shape index (κ3) is 3.67. The van der Waals surface area contributed by atoms with E-state index in [1.54, 1.807) is 0 Å². The SMILES string of the molecule is COc1nc(Cl)nc(NCC2CCOCC2)n1. The number of ether oxygens (including phenoxy) is 2. The highest BCUT2D eigenvalue weighted by Crippen LogP contribution is 2.16. The maximum absolute atomic E-state index is 5.75. The van der Waals surface area contributed by atoms with E-state index in [0.29, 0.717) is 11.9 Å². The van der Waals surface area contributed by atoms with Crippen molar-refractivity contribution < 1.29 is 9.47 Å². The Morgan fingerprint density at radius 3 is 2.82 bits per heavy atom. The number of nitrogens with zero attached hydrogens (tertiary/aromatic N) is 3. The molecule has 1 fully saturated rings. The Morgan fingerprint density at radius 1 is 1.35 bits per heavy atom. The van der Waals surface area contributed by atoms with E-state index in [0.717, 1.165) is 32.6 Å². The first-order valence-corrected chi connectivity index (χ1v) is 5.93. The molecule has 7 heteroatoms. The van der Waals surface area contributed by atoms with Crippen LogP contribution in [0.2, 0.25) is 5.28 Å². The molecule has 0 radical (unpaired) electrons. The topological polar surface area (TPSA) is 69.2 Å². The lowest BCUT2D eigenvalue weighted by Gasteiger charge is -2.22. The van der Waals surface area contributed by atoms with Gasteiger partial charge in [-0.2, -0.15) is 15.0 Å². The molecule has 0 amide bonds. The van der Waals surface area contributed by atoms with Crippen molar-refractivity contribution in [1.29, 1.82) is 0 Å². The highest BCUT2D eigenvalue weighted by atomic mass is 35.5. The van der Waals surface area contributed by atoms with Crippen molar-refractivity contribution in [3.63, 3.8) is 0 Å². The molecule has 0 aliphatic carbocycles. The van der Waals surface area contributed by atoms with Crippen molar-refractivity contribution in [3.8, 4) is 6.01 Å². The third-order valence-electron chi connectivity index (χ3n) is 2.66. The Kier molecular flexibility index (Phi) is 4.33. The van der Waals surface area contributed by atoms with Gasteiger partial charge in [0.25, 0.3) is 0 Å². The molecule has 0 spiro atoms. The first kappa shape index (κ1) is 12.3. The molecule has 0 saturated carbocycles. The lowest BCUT2D eigenvalue weighted by Crippen LogP contribution is -2.23. The van der Waals surface area contributed by atoms with Crippen LogP contribution in [0.4, 0.5) is 5.95 Å². The smallest absolute Gasteiger partial charge is 0.322 e. The molecule has 1 aromatic heterocycles. The number of aromatic nitrogens is 3. The molecule has 0 bridgehead atoms. The Bertz CT molecular complexity index is 371. The predicted molar refractivity (Wildman–Crippen MR) is 63.4 cm³/mol. The van der Waals surface area contributed by atoms with Gasteiger partial charge in [-0.3, -0.25) is 0 Å². The van der Waals surface area contributed by atoms with Gasteiger partial charge in [0.1, 0.15) is 0 Å². The van der Waals surface area contributed by atoms with E-state index in [1.165, 1.54) is 7.11 Å². The minimum atomic E-state index is 0.131. The van der Waals surface area contributed by atoms with Crippen LogP contribution in [-0.2, 0) is 4.74 Å². The molecule has 1 aromatic rings. The predicted octanol–water partition coefficient (Wildman–Crippen LogP) is 1.37. The Balaban J connectivity index is 1.91. The fourth-order valence-electron chi connectivity index (χ4n) is 1.69. The van der Waals surface area contributed by atoms with Crippen LogP contribution in [-0.4, -0.2) is 41.8 Å². The van der Waals surface area contributed by atoms with Gasteiger partial charge in [-0.25, -0.2) is 0 Å². The van der Waals surface area contributed by atoms with Crippen molar-refractivity contribution in [3.05, 3.63) is 5.28 Å². The van der Waals surface area contributed by atoms with Gasteiger partial charge in [-0.1, -0.05) is 0 Å². The van der Waals surface area contributed by atoms with Crippen LogP contribution in [0.3, 0.4) is 0 Å². The Morgan fingerprint density at radius 2 is 2.12 bits per heavy atom. The standard InChI is InChI=1S/C10H15ClN4O2/c1-16-10-14-8(11)13-9(15-10)12-6-7-2-4-17-5-3-7/h7H,2-6H2,1H3,(H,12,13,14,15). The fourth-order valence-corrected chi connectivity index (χ4v) is 1.84. The van der Waals surface area contributed by atoms with E-state index < -0.39 is 0 Å². The van der Waals surface area contributed by atoms with Crippen molar-refractivity contribution in [2.75, 3.05) is 32.2 Å². The van der Waals surface area contributed by atoms with Crippen LogP contribution in [0.1, 0.15) is 12.8 Å². The molecule has 1 saturated heterocycles. The normalized spacial score (nSPS) is 16.8. The van der Waals surface area contributed by atoms with E-state index >= 15 is 0 Å². The zero-order chi connectivity index (χ0) is 12.1. The monoisotopic (exact) mass is 258 g/mol. The van der Waals surface area contributed by atoms with Gasteiger partial charge in [0.2, 0.25) is 11.2 Å². The summed E-state index contributed by atoms with van der Waals surface area (Å²) in [7, 11) is 1.49. The van der Waals surface area contributed by atoms with Gasteiger partial charge in [0.15, 0.2) is 0 Å².